The molecule has 1 saturated carbocycles. The van der Waals surface area contributed by atoms with Crippen LogP contribution in [0.1, 0.15) is 61.5 Å². The fourth-order valence-corrected chi connectivity index (χ4v) is 4.59. The minimum absolute atomic E-state index is 0.0188. The average Bonchev–Trinajstić information content (AvgIpc) is 3.28. The van der Waals surface area contributed by atoms with E-state index >= 15 is 0 Å². The van der Waals surface area contributed by atoms with Crippen molar-refractivity contribution in [3.8, 4) is 11.5 Å². The van der Waals surface area contributed by atoms with Gasteiger partial charge in [0.2, 0.25) is 5.95 Å². The van der Waals surface area contributed by atoms with Gasteiger partial charge in [-0.15, -0.1) is 10.2 Å². The summed E-state index contributed by atoms with van der Waals surface area (Å²) in [4.78, 5) is 11.1. The first-order chi connectivity index (χ1) is 15.5. The summed E-state index contributed by atoms with van der Waals surface area (Å²) in [7, 11) is 2.18. The second-order valence-electron chi connectivity index (χ2n) is 8.80. The van der Waals surface area contributed by atoms with E-state index in [-0.39, 0.29) is 11.4 Å². The molecule has 3 heterocycles. The van der Waals surface area contributed by atoms with Gasteiger partial charge in [0.25, 0.3) is 11.8 Å². The van der Waals surface area contributed by atoms with Crippen LogP contribution in [0.25, 0.3) is 11.5 Å². The largest absolute Gasteiger partial charge is 0.415 e. The van der Waals surface area contributed by atoms with E-state index in [1.165, 1.54) is 36.4 Å². The molecule has 9 heteroatoms. The van der Waals surface area contributed by atoms with Crippen molar-refractivity contribution < 1.29 is 13.2 Å². The molecule has 1 aliphatic carbocycles. The fourth-order valence-electron chi connectivity index (χ4n) is 4.59. The number of halogens is 2. The Balaban J connectivity index is 1.29. The molecule has 1 aliphatic heterocycles. The van der Waals surface area contributed by atoms with Crippen LogP contribution in [0, 0.1) is 0 Å². The molecule has 0 spiro atoms. The van der Waals surface area contributed by atoms with Crippen molar-refractivity contribution in [1.29, 1.82) is 0 Å². The molecule has 7 nitrogen and oxygen atoms in total. The Morgan fingerprint density at radius 3 is 2.31 bits per heavy atom. The molecule has 0 amide bonds. The van der Waals surface area contributed by atoms with Gasteiger partial charge in [-0.1, -0.05) is 24.3 Å². The van der Waals surface area contributed by atoms with Crippen molar-refractivity contribution in [3.05, 3.63) is 53.7 Å². The Kier molecular flexibility index (Phi) is 5.58. The summed E-state index contributed by atoms with van der Waals surface area (Å²) in [6.45, 7) is 2.30. The molecule has 2 aromatic heterocycles. The van der Waals surface area contributed by atoms with Crippen LogP contribution in [0.5, 0.6) is 0 Å². The van der Waals surface area contributed by atoms with E-state index in [1.807, 2.05) is 0 Å². The highest BCUT2D eigenvalue weighted by molar-refractivity contribution is 5.51. The number of likely N-dealkylation sites (tertiary alicyclic amines) is 1. The van der Waals surface area contributed by atoms with Crippen LogP contribution in [0.3, 0.4) is 0 Å². The van der Waals surface area contributed by atoms with Gasteiger partial charge < -0.3 is 14.6 Å². The number of aromatic nitrogens is 4. The Hall–Kier alpha value is -2.94. The normalized spacial score (nSPS) is 19.1. The number of alkyl halides is 2. The second kappa shape index (κ2) is 8.54. The maximum Gasteiger partial charge on any atom is 0.314 e. The monoisotopic (exact) mass is 440 g/mol. The Morgan fingerprint density at radius 2 is 1.75 bits per heavy atom. The van der Waals surface area contributed by atoms with Gasteiger partial charge in [0.15, 0.2) is 0 Å². The molecule has 3 aromatic rings. The molecule has 1 saturated heterocycles. The van der Waals surface area contributed by atoms with Crippen LogP contribution in [-0.4, -0.2) is 45.2 Å². The minimum atomic E-state index is -2.80. The van der Waals surface area contributed by atoms with Gasteiger partial charge in [-0.25, -0.2) is 9.97 Å². The van der Waals surface area contributed by atoms with Gasteiger partial charge in [0.05, 0.1) is 11.1 Å². The van der Waals surface area contributed by atoms with Crippen LogP contribution in [0.2, 0.25) is 0 Å². The van der Waals surface area contributed by atoms with Crippen molar-refractivity contribution in [2.75, 3.05) is 25.5 Å². The van der Waals surface area contributed by atoms with Crippen LogP contribution in [-0.2, 0) is 5.54 Å². The molecular formula is C23H26F2N6O. The maximum absolute atomic E-state index is 12.7. The lowest BCUT2D eigenvalue weighted by Crippen LogP contribution is -2.42. The second-order valence-corrected chi connectivity index (χ2v) is 8.80. The zero-order chi connectivity index (χ0) is 22.1. The zero-order valence-electron chi connectivity index (χ0n) is 18.0. The quantitative estimate of drug-likeness (QED) is 0.592. The maximum atomic E-state index is 12.7. The first-order valence-corrected chi connectivity index (χ1v) is 11.0. The molecule has 0 radical (unpaired) electrons. The summed E-state index contributed by atoms with van der Waals surface area (Å²) in [5, 5.41) is 10.5. The molecule has 1 aromatic carbocycles. The lowest BCUT2D eigenvalue weighted by atomic mass is 9.71. The highest BCUT2D eigenvalue weighted by atomic mass is 19.3. The Labute approximate surface area is 185 Å². The van der Waals surface area contributed by atoms with E-state index < -0.39 is 12.3 Å². The molecule has 2 fully saturated rings. The van der Waals surface area contributed by atoms with E-state index in [9.17, 15) is 8.78 Å². The molecule has 0 unspecified atom stereocenters. The lowest BCUT2D eigenvalue weighted by Gasteiger charge is -2.43. The van der Waals surface area contributed by atoms with Gasteiger partial charge >= 0.3 is 6.43 Å². The van der Waals surface area contributed by atoms with Gasteiger partial charge in [0, 0.05) is 12.4 Å². The summed E-state index contributed by atoms with van der Waals surface area (Å²) < 4.78 is 30.3. The molecule has 0 atom stereocenters. The molecule has 2 aliphatic rings. The summed E-state index contributed by atoms with van der Waals surface area (Å²) in [6.07, 6.45) is 5.78. The number of hydrogen-bond donors (Lipinski definition) is 1. The van der Waals surface area contributed by atoms with Crippen LogP contribution >= 0.6 is 0 Å². The SMILES string of the molecule is CN1CCC(c2ccc(C3(Nc4ncc(-c5nnc(C(F)F)o5)cn4)CCC3)cc2)CC1. The predicted molar refractivity (Wildman–Crippen MR) is 115 cm³/mol. The van der Waals surface area contributed by atoms with Crippen molar-refractivity contribution >= 4 is 5.95 Å². The van der Waals surface area contributed by atoms with Crippen molar-refractivity contribution in [2.24, 2.45) is 0 Å². The number of benzene rings is 1. The number of anilines is 1. The Bertz CT molecular complexity index is 1040. The number of piperidine rings is 1. The number of nitrogens with one attached hydrogen (secondary N) is 1. The molecule has 0 bridgehead atoms. The molecular weight excluding hydrogens is 414 g/mol. The summed E-state index contributed by atoms with van der Waals surface area (Å²) in [5.74, 6) is 0.396. The number of rotatable bonds is 6. The van der Waals surface area contributed by atoms with E-state index in [4.69, 9.17) is 4.42 Å². The lowest BCUT2D eigenvalue weighted by molar-refractivity contribution is 0.116. The summed E-state index contributed by atoms with van der Waals surface area (Å²) in [6, 6.07) is 9.01. The van der Waals surface area contributed by atoms with Crippen molar-refractivity contribution in [3.63, 3.8) is 0 Å². The molecule has 168 valence electrons. The number of hydrogen-bond acceptors (Lipinski definition) is 7. The minimum Gasteiger partial charge on any atom is -0.415 e. The summed E-state index contributed by atoms with van der Waals surface area (Å²) >= 11 is 0. The zero-order valence-corrected chi connectivity index (χ0v) is 18.0. The van der Waals surface area contributed by atoms with Gasteiger partial charge in [-0.2, -0.15) is 8.78 Å². The van der Waals surface area contributed by atoms with Gasteiger partial charge in [-0.05, 0) is 69.3 Å². The van der Waals surface area contributed by atoms with E-state index in [2.05, 4.69) is 61.7 Å². The highest BCUT2D eigenvalue weighted by Gasteiger charge is 2.39. The van der Waals surface area contributed by atoms with Crippen LogP contribution in [0.15, 0.2) is 41.1 Å². The third kappa shape index (κ3) is 4.09. The third-order valence-corrected chi connectivity index (χ3v) is 6.74. The number of nitrogens with zero attached hydrogens (tertiary/aromatic N) is 5. The average molecular weight is 440 g/mol. The van der Waals surface area contributed by atoms with E-state index in [1.54, 1.807) is 0 Å². The Morgan fingerprint density at radius 1 is 1.06 bits per heavy atom. The van der Waals surface area contributed by atoms with Crippen molar-refractivity contribution in [1.82, 2.24) is 25.1 Å². The van der Waals surface area contributed by atoms with E-state index in [0.717, 1.165) is 32.4 Å². The standard InChI is InChI=1S/C23H26F2N6O/c1-31-11-7-16(8-12-31)15-3-5-18(6-4-15)23(9-2-10-23)28-22-26-13-17(14-27-22)20-29-30-21(32-20)19(24)25/h3-6,13-14,16,19H,2,7-12H2,1H3,(H,26,27,28). The molecule has 5 rings (SSSR count). The topological polar surface area (TPSA) is 80.0 Å². The first-order valence-electron chi connectivity index (χ1n) is 11.0. The van der Waals surface area contributed by atoms with E-state index in [0.29, 0.717) is 17.4 Å². The van der Waals surface area contributed by atoms with Crippen LogP contribution in [0.4, 0.5) is 14.7 Å². The van der Waals surface area contributed by atoms with Crippen molar-refractivity contribution in [2.45, 2.75) is 50.0 Å². The third-order valence-electron chi connectivity index (χ3n) is 6.74. The predicted octanol–water partition coefficient (Wildman–Crippen LogP) is 4.76. The van der Waals surface area contributed by atoms with Gasteiger partial charge in [-0.3, -0.25) is 0 Å². The molecule has 32 heavy (non-hydrogen) atoms. The molecule has 1 N–H and O–H groups in total. The fraction of sp³-hybridized carbons (Fsp3) is 0.478. The highest BCUT2D eigenvalue weighted by Crippen LogP contribution is 2.44. The smallest absolute Gasteiger partial charge is 0.314 e. The van der Waals surface area contributed by atoms with Gasteiger partial charge in [0.1, 0.15) is 0 Å². The first kappa shape index (κ1) is 20.9. The summed E-state index contributed by atoms with van der Waals surface area (Å²) in [5.41, 5.74) is 2.88. The van der Waals surface area contributed by atoms with Crippen LogP contribution < -0.4 is 5.32 Å².